The van der Waals surface area contributed by atoms with E-state index in [-0.39, 0.29) is 29.5 Å². The molecular formula is C22H17BrFNO6S. The van der Waals surface area contributed by atoms with Crippen LogP contribution in [0, 0.1) is 5.82 Å². The molecule has 3 rings (SSSR count). The van der Waals surface area contributed by atoms with Crippen molar-refractivity contribution in [2.24, 2.45) is 0 Å². The van der Waals surface area contributed by atoms with Gasteiger partial charge in [0.2, 0.25) is 5.78 Å². The van der Waals surface area contributed by atoms with Crippen molar-refractivity contribution in [2.45, 2.75) is 0 Å². The van der Waals surface area contributed by atoms with Crippen molar-refractivity contribution in [2.75, 3.05) is 25.6 Å². The number of methoxy groups -OCH3 is 1. The van der Waals surface area contributed by atoms with Crippen LogP contribution in [0.15, 0.2) is 58.4 Å². The molecule has 0 unspecified atom stereocenters. The highest BCUT2D eigenvalue weighted by molar-refractivity contribution is 9.11. The van der Waals surface area contributed by atoms with Crippen molar-refractivity contribution in [1.82, 2.24) is 0 Å². The Labute approximate surface area is 195 Å². The Morgan fingerprint density at radius 3 is 2.41 bits per heavy atom. The normalized spacial score (nSPS) is 10.3. The molecule has 0 fully saturated rings. The number of ether oxygens (including phenoxy) is 3. The summed E-state index contributed by atoms with van der Waals surface area (Å²) in [5.74, 6) is -1.44. The number of rotatable bonds is 9. The van der Waals surface area contributed by atoms with Crippen LogP contribution < -0.4 is 14.8 Å². The quantitative estimate of drug-likeness (QED) is 0.323. The fourth-order valence-electron chi connectivity index (χ4n) is 2.54. The fraction of sp³-hybridized carbons (Fsp3) is 0.136. The first-order chi connectivity index (χ1) is 15.4. The van der Waals surface area contributed by atoms with E-state index in [1.165, 1.54) is 60.9 Å². The second-order valence-electron chi connectivity index (χ2n) is 6.31. The van der Waals surface area contributed by atoms with Crippen molar-refractivity contribution in [3.8, 4) is 11.5 Å². The maximum atomic E-state index is 12.9. The van der Waals surface area contributed by atoms with Gasteiger partial charge in [0.25, 0.3) is 5.91 Å². The van der Waals surface area contributed by atoms with Gasteiger partial charge in [0.05, 0.1) is 21.3 Å². The first-order valence-corrected chi connectivity index (χ1v) is 10.8. The topological polar surface area (TPSA) is 90.9 Å². The molecule has 1 aromatic heterocycles. The van der Waals surface area contributed by atoms with E-state index in [2.05, 4.69) is 21.2 Å². The van der Waals surface area contributed by atoms with E-state index < -0.39 is 24.3 Å². The van der Waals surface area contributed by atoms with Gasteiger partial charge in [0.1, 0.15) is 5.82 Å². The zero-order chi connectivity index (χ0) is 23.1. The molecule has 0 aliphatic carbocycles. The van der Waals surface area contributed by atoms with E-state index >= 15 is 0 Å². The van der Waals surface area contributed by atoms with E-state index in [0.29, 0.717) is 10.6 Å². The van der Waals surface area contributed by atoms with Crippen LogP contribution in [0.5, 0.6) is 11.5 Å². The number of amides is 1. The van der Waals surface area contributed by atoms with Crippen LogP contribution in [0.4, 0.5) is 10.1 Å². The lowest BCUT2D eigenvalue weighted by molar-refractivity contribution is -0.118. The number of nitrogens with one attached hydrogen (secondary N) is 1. The Hall–Kier alpha value is -3.24. The number of Topliss-reactive ketones (excluding diaryl/α,β-unsaturated/α-hetero) is 1. The monoisotopic (exact) mass is 521 g/mol. The summed E-state index contributed by atoms with van der Waals surface area (Å²) < 4.78 is 29.5. The van der Waals surface area contributed by atoms with Crippen molar-refractivity contribution in [3.63, 3.8) is 0 Å². The Morgan fingerprint density at radius 2 is 1.75 bits per heavy atom. The van der Waals surface area contributed by atoms with Gasteiger partial charge in [-0.25, -0.2) is 9.18 Å². The van der Waals surface area contributed by atoms with E-state index in [4.69, 9.17) is 14.2 Å². The van der Waals surface area contributed by atoms with Gasteiger partial charge in [-0.1, -0.05) is 0 Å². The first-order valence-electron chi connectivity index (χ1n) is 9.17. The van der Waals surface area contributed by atoms with Crippen molar-refractivity contribution >= 4 is 50.6 Å². The Morgan fingerprint density at radius 1 is 1.00 bits per heavy atom. The number of carbonyl (C=O) groups is 3. The molecule has 1 N–H and O–H groups in total. The van der Waals surface area contributed by atoms with Gasteiger partial charge in [-0.3, -0.25) is 9.59 Å². The zero-order valence-electron chi connectivity index (χ0n) is 16.7. The largest absolute Gasteiger partial charge is 0.493 e. The summed E-state index contributed by atoms with van der Waals surface area (Å²) in [6.07, 6.45) is 0. The lowest BCUT2D eigenvalue weighted by atomic mass is 10.2. The van der Waals surface area contributed by atoms with Crippen LogP contribution in [0.2, 0.25) is 0 Å². The van der Waals surface area contributed by atoms with Gasteiger partial charge in [-0.05, 0) is 70.5 Å². The Bertz CT molecular complexity index is 1130. The fourth-order valence-corrected chi connectivity index (χ4v) is 3.85. The SMILES string of the molecule is COc1cc(C(=O)OCC(=O)c2ccc(Br)s2)ccc1OCC(=O)Nc1ccc(F)cc1. The number of ketones is 1. The Balaban J connectivity index is 1.56. The average molecular weight is 522 g/mol. The minimum atomic E-state index is -0.701. The van der Waals surface area contributed by atoms with Crippen molar-refractivity contribution in [1.29, 1.82) is 0 Å². The summed E-state index contributed by atoms with van der Waals surface area (Å²) in [6.45, 7) is -0.724. The van der Waals surface area contributed by atoms with Gasteiger partial charge in [0, 0.05) is 5.69 Å². The number of benzene rings is 2. The van der Waals surface area contributed by atoms with E-state index in [9.17, 15) is 18.8 Å². The molecule has 0 bridgehead atoms. The van der Waals surface area contributed by atoms with Crippen LogP contribution in [0.1, 0.15) is 20.0 Å². The summed E-state index contributed by atoms with van der Waals surface area (Å²) in [6, 6.07) is 13.0. The molecular weight excluding hydrogens is 505 g/mol. The number of anilines is 1. The van der Waals surface area contributed by atoms with E-state index in [1.54, 1.807) is 12.1 Å². The summed E-state index contributed by atoms with van der Waals surface area (Å²) in [5, 5.41) is 2.57. The highest BCUT2D eigenvalue weighted by Gasteiger charge is 2.16. The van der Waals surface area contributed by atoms with Crippen molar-refractivity contribution < 1.29 is 33.0 Å². The zero-order valence-corrected chi connectivity index (χ0v) is 19.1. The van der Waals surface area contributed by atoms with Crippen LogP contribution in [0.3, 0.4) is 0 Å². The summed E-state index contributed by atoms with van der Waals surface area (Å²) in [7, 11) is 1.38. The smallest absolute Gasteiger partial charge is 0.338 e. The predicted octanol–water partition coefficient (Wildman–Crippen LogP) is 4.72. The van der Waals surface area contributed by atoms with Gasteiger partial charge >= 0.3 is 5.97 Å². The molecule has 166 valence electrons. The standard InChI is InChI=1S/C22H17BrFNO6S/c1-29-18-10-13(22(28)31-11-16(26)19-8-9-20(23)32-19)2-7-17(18)30-12-21(27)25-15-5-3-14(24)4-6-15/h2-10H,11-12H2,1H3,(H,25,27). The first kappa shape index (κ1) is 23.4. The molecule has 0 saturated heterocycles. The number of halogens is 2. The molecule has 0 aliphatic heterocycles. The lowest BCUT2D eigenvalue weighted by Crippen LogP contribution is -2.20. The predicted molar refractivity (Wildman–Crippen MR) is 120 cm³/mol. The minimum Gasteiger partial charge on any atom is -0.493 e. The molecule has 0 atom stereocenters. The third-order valence-corrected chi connectivity index (χ3v) is 5.73. The second kappa shape index (κ2) is 10.9. The molecule has 0 aliphatic rings. The van der Waals surface area contributed by atoms with Crippen LogP contribution in [0.25, 0.3) is 0 Å². The molecule has 0 saturated carbocycles. The molecule has 1 amide bonds. The lowest BCUT2D eigenvalue weighted by Gasteiger charge is -2.12. The number of thiophene rings is 1. The molecule has 10 heteroatoms. The van der Waals surface area contributed by atoms with Gasteiger partial charge < -0.3 is 19.5 Å². The van der Waals surface area contributed by atoms with E-state index in [1.807, 2.05) is 0 Å². The number of hydrogen-bond donors (Lipinski definition) is 1. The second-order valence-corrected chi connectivity index (χ2v) is 8.78. The molecule has 0 spiro atoms. The molecule has 2 aromatic carbocycles. The molecule has 0 radical (unpaired) electrons. The number of carbonyl (C=O) groups excluding carboxylic acids is 3. The minimum absolute atomic E-state index is 0.158. The van der Waals surface area contributed by atoms with Gasteiger partial charge in [0.15, 0.2) is 24.7 Å². The van der Waals surface area contributed by atoms with Crippen LogP contribution in [-0.4, -0.2) is 38.0 Å². The summed E-state index contributed by atoms with van der Waals surface area (Å²) in [4.78, 5) is 36.9. The molecule has 3 aromatic rings. The van der Waals surface area contributed by atoms with Gasteiger partial charge in [-0.15, -0.1) is 11.3 Å². The van der Waals surface area contributed by atoms with Gasteiger partial charge in [-0.2, -0.15) is 0 Å². The van der Waals surface area contributed by atoms with Crippen molar-refractivity contribution in [3.05, 3.63) is 74.6 Å². The average Bonchev–Trinajstić information content (AvgIpc) is 3.23. The summed E-state index contributed by atoms with van der Waals surface area (Å²) in [5.41, 5.74) is 0.583. The molecule has 32 heavy (non-hydrogen) atoms. The maximum absolute atomic E-state index is 12.9. The summed E-state index contributed by atoms with van der Waals surface area (Å²) >= 11 is 4.52. The highest BCUT2D eigenvalue weighted by Crippen LogP contribution is 2.28. The Kier molecular flexibility index (Phi) is 7.96. The van der Waals surface area contributed by atoms with E-state index in [0.717, 1.165) is 3.79 Å². The maximum Gasteiger partial charge on any atom is 0.338 e. The van der Waals surface area contributed by atoms with Crippen LogP contribution >= 0.6 is 27.3 Å². The number of hydrogen-bond acceptors (Lipinski definition) is 7. The number of esters is 1. The van der Waals surface area contributed by atoms with Crippen LogP contribution in [-0.2, 0) is 9.53 Å². The molecule has 1 heterocycles. The third kappa shape index (κ3) is 6.38. The highest BCUT2D eigenvalue weighted by atomic mass is 79.9. The molecule has 7 nitrogen and oxygen atoms in total. The third-order valence-electron chi connectivity index (χ3n) is 4.07.